The zero-order chi connectivity index (χ0) is 38.1. The lowest BCUT2D eigenvalue weighted by Crippen LogP contribution is -2.29. The second kappa shape index (κ2) is 27.9. The van der Waals surface area contributed by atoms with E-state index in [1.165, 1.54) is 19.3 Å². The lowest BCUT2D eigenvalue weighted by atomic mass is 9.89. The van der Waals surface area contributed by atoms with E-state index >= 15 is 0 Å². The summed E-state index contributed by atoms with van der Waals surface area (Å²) in [5, 5.41) is 49.5. The van der Waals surface area contributed by atoms with Crippen molar-refractivity contribution in [1.29, 1.82) is 0 Å². The van der Waals surface area contributed by atoms with Crippen molar-refractivity contribution in [2.75, 3.05) is 26.4 Å². The normalized spacial score (nSPS) is 22.4. The topological polar surface area (TPSA) is 210 Å². The van der Waals surface area contributed by atoms with Crippen LogP contribution in [-0.4, -0.2) is 99.3 Å². The van der Waals surface area contributed by atoms with E-state index in [1.807, 2.05) is 0 Å². The van der Waals surface area contributed by atoms with E-state index in [0.29, 0.717) is 25.2 Å². The summed E-state index contributed by atoms with van der Waals surface area (Å²) in [4.78, 5) is 35.0. The molecule has 1 aliphatic rings. The third-order valence-corrected chi connectivity index (χ3v) is 9.84. The summed E-state index contributed by atoms with van der Waals surface area (Å²) in [6.45, 7) is 4.10. The van der Waals surface area contributed by atoms with E-state index in [-0.39, 0.29) is 31.1 Å². The number of rotatable bonds is 30. The molecule has 0 aromatic heterocycles. The third-order valence-electron chi connectivity index (χ3n) is 8.89. The number of carbonyl (C=O) groups is 2. The summed E-state index contributed by atoms with van der Waals surface area (Å²) in [5.74, 6) is -1.16. The molecule has 0 spiro atoms. The molecule has 1 unspecified atom stereocenters. The largest absolute Gasteiger partial charge is 0.472 e. The van der Waals surface area contributed by atoms with Crippen molar-refractivity contribution in [3.8, 4) is 0 Å². The van der Waals surface area contributed by atoms with Gasteiger partial charge in [-0.25, -0.2) is 4.57 Å². The van der Waals surface area contributed by atoms with Gasteiger partial charge in [0.15, 0.2) is 6.10 Å². The fourth-order valence-corrected chi connectivity index (χ4v) is 6.64. The molecule has 8 atom stereocenters. The molecule has 1 rings (SSSR count). The Morgan fingerprint density at radius 3 is 2.16 bits per heavy atom. The quantitative estimate of drug-likeness (QED) is 0.0239. The number of phosphoric acid groups is 1. The van der Waals surface area contributed by atoms with E-state index < -0.39 is 76.7 Å². The number of esters is 2. The van der Waals surface area contributed by atoms with Crippen molar-refractivity contribution in [2.24, 2.45) is 17.8 Å². The summed E-state index contributed by atoms with van der Waals surface area (Å²) in [5.41, 5.74) is 0. The number of phosphoric ester groups is 1. The van der Waals surface area contributed by atoms with Gasteiger partial charge in [0.2, 0.25) is 0 Å². The van der Waals surface area contributed by atoms with Gasteiger partial charge < -0.3 is 39.9 Å². The lowest BCUT2D eigenvalue weighted by Gasteiger charge is -2.20. The third kappa shape index (κ3) is 23.6. The van der Waals surface area contributed by atoms with Crippen LogP contribution < -0.4 is 0 Å². The van der Waals surface area contributed by atoms with Gasteiger partial charge in [0.1, 0.15) is 12.7 Å². The molecular formula is C37H67O13P. The zero-order valence-electron chi connectivity index (χ0n) is 31.1. The summed E-state index contributed by atoms with van der Waals surface area (Å²) in [7, 11) is -4.69. The van der Waals surface area contributed by atoms with Crippen LogP contribution in [0.1, 0.15) is 124 Å². The molecule has 0 saturated heterocycles. The molecule has 14 heteroatoms. The van der Waals surface area contributed by atoms with Gasteiger partial charge >= 0.3 is 19.8 Å². The van der Waals surface area contributed by atoms with E-state index in [0.717, 1.165) is 44.9 Å². The molecule has 0 aliphatic heterocycles. The van der Waals surface area contributed by atoms with Crippen LogP contribution in [0.2, 0.25) is 0 Å². The summed E-state index contributed by atoms with van der Waals surface area (Å²) < 4.78 is 32.5. The first-order valence-corrected chi connectivity index (χ1v) is 20.4. The minimum absolute atomic E-state index is 0.117. The maximum atomic E-state index is 12.6. The molecule has 1 fully saturated rings. The molecule has 6 N–H and O–H groups in total. The Labute approximate surface area is 305 Å². The Kier molecular flexibility index (Phi) is 25.9. The SMILES string of the molecule is CCCCC[C@@H](O)/C=C/[C@@H]1[C@H](C/C=C\CC(=O)OC[C@H](COP(=O)(O)OC[C@@H](O)CO)OC(=O)CCCCCCCCCC(C)C)[C@@H](O)C[C@H]1O. The lowest BCUT2D eigenvalue weighted by molar-refractivity contribution is -0.160. The van der Waals surface area contributed by atoms with Crippen LogP contribution in [0.4, 0.5) is 0 Å². The first-order chi connectivity index (χ1) is 24.3. The average Bonchev–Trinajstić information content (AvgIpc) is 3.35. The van der Waals surface area contributed by atoms with Gasteiger partial charge in [0.25, 0.3) is 0 Å². The smallest absolute Gasteiger partial charge is 0.461 e. The Morgan fingerprint density at radius 2 is 1.49 bits per heavy atom. The molecule has 51 heavy (non-hydrogen) atoms. The molecule has 13 nitrogen and oxygen atoms in total. The number of aliphatic hydroxyl groups is 5. The Hall–Kier alpha value is -1.67. The van der Waals surface area contributed by atoms with Crippen molar-refractivity contribution in [3.05, 3.63) is 24.3 Å². The van der Waals surface area contributed by atoms with Crippen molar-refractivity contribution in [2.45, 2.75) is 154 Å². The van der Waals surface area contributed by atoms with Crippen LogP contribution in [0.25, 0.3) is 0 Å². The van der Waals surface area contributed by atoms with Gasteiger partial charge in [0.05, 0.1) is 44.6 Å². The first kappa shape index (κ1) is 47.4. The highest BCUT2D eigenvalue weighted by molar-refractivity contribution is 7.47. The van der Waals surface area contributed by atoms with Crippen LogP contribution in [0, 0.1) is 17.8 Å². The van der Waals surface area contributed by atoms with Crippen LogP contribution >= 0.6 is 7.82 Å². The molecule has 0 radical (unpaired) electrons. The van der Waals surface area contributed by atoms with Crippen LogP contribution in [0.3, 0.4) is 0 Å². The van der Waals surface area contributed by atoms with Gasteiger partial charge in [-0.1, -0.05) is 109 Å². The number of unbranched alkanes of at least 4 members (excludes halogenated alkanes) is 8. The number of ether oxygens (including phenoxy) is 2. The second-order valence-corrected chi connectivity index (χ2v) is 15.5. The minimum Gasteiger partial charge on any atom is -0.461 e. The van der Waals surface area contributed by atoms with Gasteiger partial charge in [-0.3, -0.25) is 18.6 Å². The summed E-state index contributed by atoms with van der Waals surface area (Å²) >= 11 is 0. The molecule has 298 valence electrons. The van der Waals surface area contributed by atoms with E-state index in [1.54, 1.807) is 24.3 Å². The Balaban J connectivity index is 2.62. The monoisotopic (exact) mass is 750 g/mol. The van der Waals surface area contributed by atoms with Crippen molar-refractivity contribution in [3.63, 3.8) is 0 Å². The Morgan fingerprint density at radius 1 is 0.843 bits per heavy atom. The number of hydrogen-bond acceptors (Lipinski definition) is 12. The number of carbonyl (C=O) groups excluding carboxylic acids is 2. The molecule has 0 aromatic carbocycles. The van der Waals surface area contributed by atoms with Crippen molar-refractivity contribution >= 4 is 19.8 Å². The van der Waals surface area contributed by atoms with Crippen LogP contribution in [0.5, 0.6) is 0 Å². The summed E-state index contributed by atoms with van der Waals surface area (Å²) in [6.07, 6.45) is 14.6. The molecule has 1 aliphatic carbocycles. The molecule has 0 amide bonds. The maximum Gasteiger partial charge on any atom is 0.472 e. The molecule has 0 heterocycles. The standard InChI is InChI=1S/C37H67O13P/c1-4-5-11-17-29(39)21-22-33-32(34(41)23-35(33)42)18-14-15-19-36(43)47-26-31(27-49-51(45,46)48-25-30(40)24-38)50-37(44)20-13-10-8-6-7-9-12-16-28(2)3/h14-15,21-22,28-35,38-42H,4-13,16-20,23-27H2,1-3H3,(H,45,46)/b15-14-,22-21+/t29-,30+,31-,32+,33-,34+,35-/m1/s1. The number of hydrogen-bond donors (Lipinski definition) is 6. The summed E-state index contributed by atoms with van der Waals surface area (Å²) in [6, 6.07) is 0. The molecule has 0 bridgehead atoms. The first-order valence-electron chi connectivity index (χ1n) is 18.9. The average molecular weight is 751 g/mol. The van der Waals surface area contributed by atoms with Gasteiger partial charge in [0, 0.05) is 18.8 Å². The highest BCUT2D eigenvalue weighted by Gasteiger charge is 2.39. The predicted molar refractivity (Wildman–Crippen MR) is 193 cm³/mol. The number of aliphatic hydroxyl groups excluding tert-OH is 5. The fourth-order valence-electron chi connectivity index (χ4n) is 5.85. The highest BCUT2D eigenvalue weighted by Crippen LogP contribution is 2.43. The van der Waals surface area contributed by atoms with Crippen molar-refractivity contribution < 1.29 is 63.1 Å². The van der Waals surface area contributed by atoms with E-state index in [2.05, 4.69) is 25.3 Å². The zero-order valence-corrected chi connectivity index (χ0v) is 32.0. The van der Waals surface area contributed by atoms with Gasteiger partial charge in [-0.05, 0) is 31.1 Å². The highest BCUT2D eigenvalue weighted by atomic mass is 31.2. The number of allylic oxidation sites excluding steroid dienone is 1. The van der Waals surface area contributed by atoms with Crippen LogP contribution in [0.15, 0.2) is 24.3 Å². The van der Waals surface area contributed by atoms with Crippen molar-refractivity contribution in [1.82, 2.24) is 0 Å². The fraction of sp³-hybridized carbons (Fsp3) is 0.838. The Bertz CT molecular complexity index is 1040. The van der Waals surface area contributed by atoms with Gasteiger partial charge in [-0.15, -0.1) is 0 Å². The molecule has 1 saturated carbocycles. The van der Waals surface area contributed by atoms with E-state index in [9.17, 15) is 39.5 Å². The second-order valence-electron chi connectivity index (χ2n) is 14.1. The van der Waals surface area contributed by atoms with E-state index in [4.69, 9.17) is 19.1 Å². The minimum atomic E-state index is -4.69. The maximum absolute atomic E-state index is 12.6. The molecule has 0 aromatic rings. The predicted octanol–water partition coefficient (Wildman–Crippen LogP) is 5.29. The molecular weight excluding hydrogens is 683 g/mol. The van der Waals surface area contributed by atoms with Gasteiger partial charge in [-0.2, -0.15) is 0 Å². The van der Waals surface area contributed by atoms with Crippen LogP contribution in [-0.2, 0) is 32.7 Å².